The summed E-state index contributed by atoms with van der Waals surface area (Å²) in [5, 5.41) is 2.71. The zero-order chi connectivity index (χ0) is 9.68. The molecule has 1 aromatic rings. The van der Waals surface area contributed by atoms with E-state index < -0.39 is 0 Å². The largest absolute Gasteiger partial charge is 0.324 e. The molecule has 0 aliphatic heterocycles. The second-order valence-corrected chi connectivity index (χ2v) is 3.72. The van der Waals surface area contributed by atoms with E-state index >= 15 is 0 Å². The van der Waals surface area contributed by atoms with E-state index in [1.54, 1.807) is 18.3 Å². The van der Waals surface area contributed by atoms with Crippen molar-refractivity contribution in [1.82, 2.24) is 4.98 Å². The number of nitrogens with one attached hydrogen (secondary N) is 1. The molecule has 1 atom stereocenters. The van der Waals surface area contributed by atoms with Gasteiger partial charge >= 0.3 is 0 Å². The van der Waals surface area contributed by atoms with Crippen molar-refractivity contribution in [2.45, 2.75) is 12.2 Å². The predicted octanol–water partition coefficient (Wildman–Crippen LogP) is 1.57. The summed E-state index contributed by atoms with van der Waals surface area (Å²) >= 11 is 1.51. The molecule has 0 aromatic carbocycles. The van der Waals surface area contributed by atoms with Crippen molar-refractivity contribution in [2.75, 3.05) is 11.6 Å². The molecule has 1 rings (SSSR count). The van der Waals surface area contributed by atoms with E-state index in [0.717, 1.165) is 0 Å². The van der Waals surface area contributed by atoms with Gasteiger partial charge in [0.15, 0.2) is 0 Å². The highest BCUT2D eigenvalue weighted by atomic mass is 32.2. The Morgan fingerprint density at radius 1 is 1.77 bits per heavy atom. The average molecular weight is 195 g/mol. The van der Waals surface area contributed by atoms with Gasteiger partial charge < -0.3 is 5.32 Å². The highest BCUT2D eigenvalue weighted by molar-refractivity contribution is 7.99. The fraction of sp³-hybridized carbons (Fsp3) is 0.333. The third-order valence-electron chi connectivity index (χ3n) is 1.61. The standard InChI is InChI=1S/C9H11N2OS/c1-7(13-2)9(12)11-8-4-3-5-10-6-8/h3-4,6-7H,1-2H3,(H,11,12). The van der Waals surface area contributed by atoms with Crippen molar-refractivity contribution in [1.29, 1.82) is 0 Å². The van der Waals surface area contributed by atoms with Crippen LogP contribution in [0, 0.1) is 6.20 Å². The normalized spacial score (nSPS) is 12.2. The molecule has 4 heteroatoms. The Kier molecular flexibility index (Phi) is 3.76. The smallest absolute Gasteiger partial charge is 0.237 e. The number of rotatable bonds is 3. The number of hydrogen-bond donors (Lipinski definition) is 1. The summed E-state index contributed by atoms with van der Waals surface area (Å²) in [6.45, 7) is 1.86. The molecule has 1 radical (unpaired) electrons. The molecule has 0 saturated heterocycles. The van der Waals surface area contributed by atoms with Crippen LogP contribution in [0.5, 0.6) is 0 Å². The summed E-state index contributed by atoms with van der Waals surface area (Å²) < 4.78 is 0. The summed E-state index contributed by atoms with van der Waals surface area (Å²) in [6.07, 6.45) is 6.12. The third-order valence-corrected chi connectivity index (χ3v) is 2.53. The fourth-order valence-corrected chi connectivity index (χ4v) is 1.02. The van der Waals surface area contributed by atoms with Gasteiger partial charge in [-0.15, -0.1) is 0 Å². The topological polar surface area (TPSA) is 42.0 Å². The van der Waals surface area contributed by atoms with Gasteiger partial charge in [-0.05, 0) is 25.3 Å². The molecule has 0 bridgehead atoms. The van der Waals surface area contributed by atoms with Crippen LogP contribution >= 0.6 is 11.8 Å². The Bertz CT molecular complexity index is 276. The molecule has 69 valence electrons. The SMILES string of the molecule is CSC(C)C(=O)Nc1cc[c]nc1. The van der Waals surface area contributed by atoms with Gasteiger partial charge in [0.1, 0.15) is 0 Å². The molecule has 0 saturated carbocycles. The Morgan fingerprint density at radius 3 is 3.08 bits per heavy atom. The van der Waals surface area contributed by atoms with Crippen LogP contribution in [0.3, 0.4) is 0 Å². The van der Waals surface area contributed by atoms with Gasteiger partial charge in [-0.2, -0.15) is 11.8 Å². The molecule has 1 heterocycles. The maximum Gasteiger partial charge on any atom is 0.237 e. The van der Waals surface area contributed by atoms with Crippen LogP contribution in [0.2, 0.25) is 0 Å². The first-order valence-corrected chi connectivity index (χ1v) is 5.18. The van der Waals surface area contributed by atoms with Crippen molar-refractivity contribution in [3.05, 3.63) is 24.5 Å². The lowest BCUT2D eigenvalue weighted by Crippen LogP contribution is -2.21. The summed E-state index contributed by atoms with van der Waals surface area (Å²) in [5.41, 5.74) is 0.713. The highest BCUT2D eigenvalue weighted by Crippen LogP contribution is 2.09. The van der Waals surface area contributed by atoms with E-state index in [0.29, 0.717) is 5.69 Å². The van der Waals surface area contributed by atoms with Gasteiger partial charge in [-0.25, -0.2) is 0 Å². The van der Waals surface area contributed by atoms with Crippen molar-refractivity contribution in [3.8, 4) is 0 Å². The molecule has 0 aliphatic carbocycles. The van der Waals surface area contributed by atoms with Gasteiger partial charge in [0.2, 0.25) is 5.91 Å². The number of aromatic nitrogens is 1. The monoisotopic (exact) mass is 195 g/mol. The Hall–Kier alpha value is -1.03. The van der Waals surface area contributed by atoms with Crippen LogP contribution in [-0.4, -0.2) is 22.4 Å². The molecule has 1 aromatic heterocycles. The molecule has 0 aliphatic rings. The van der Waals surface area contributed by atoms with E-state index in [-0.39, 0.29) is 11.2 Å². The molecule has 0 fully saturated rings. The first kappa shape index (κ1) is 10.1. The quantitative estimate of drug-likeness (QED) is 0.796. The zero-order valence-electron chi connectivity index (χ0n) is 7.57. The van der Waals surface area contributed by atoms with Crippen molar-refractivity contribution >= 4 is 23.4 Å². The molecule has 1 unspecified atom stereocenters. The second-order valence-electron chi connectivity index (χ2n) is 2.54. The number of carbonyl (C=O) groups excluding carboxylic acids is 1. The van der Waals surface area contributed by atoms with Gasteiger partial charge in [-0.1, -0.05) is 0 Å². The minimum atomic E-state index is -0.0378. The summed E-state index contributed by atoms with van der Waals surface area (Å²) in [7, 11) is 0. The van der Waals surface area contributed by atoms with Crippen LogP contribution in [0.25, 0.3) is 0 Å². The number of pyridine rings is 1. The molecule has 1 N–H and O–H groups in total. The Labute approximate surface area is 81.9 Å². The lowest BCUT2D eigenvalue weighted by Gasteiger charge is -2.08. The van der Waals surface area contributed by atoms with E-state index in [4.69, 9.17) is 0 Å². The van der Waals surface area contributed by atoms with Gasteiger partial charge in [0, 0.05) is 0 Å². The van der Waals surface area contributed by atoms with Crippen LogP contribution in [0.15, 0.2) is 18.3 Å². The third kappa shape index (κ3) is 3.06. The molecule has 3 nitrogen and oxygen atoms in total. The van der Waals surface area contributed by atoms with Crippen molar-refractivity contribution in [2.24, 2.45) is 0 Å². The minimum absolute atomic E-state index is 0.000463. The summed E-state index contributed by atoms with van der Waals surface area (Å²) in [4.78, 5) is 15.1. The molecule has 1 amide bonds. The molecular weight excluding hydrogens is 184 g/mol. The van der Waals surface area contributed by atoms with E-state index in [9.17, 15) is 4.79 Å². The first-order valence-electron chi connectivity index (χ1n) is 3.90. The Morgan fingerprint density at radius 2 is 2.54 bits per heavy atom. The number of hydrogen-bond acceptors (Lipinski definition) is 3. The molecule has 0 spiro atoms. The van der Waals surface area contributed by atoms with Crippen molar-refractivity contribution < 1.29 is 4.79 Å². The lowest BCUT2D eigenvalue weighted by molar-refractivity contribution is -0.115. The van der Waals surface area contributed by atoms with E-state index in [1.165, 1.54) is 11.8 Å². The van der Waals surface area contributed by atoms with Crippen LogP contribution in [0.1, 0.15) is 6.92 Å². The van der Waals surface area contributed by atoms with Gasteiger partial charge in [0.05, 0.1) is 23.3 Å². The number of nitrogens with zero attached hydrogens (tertiary/aromatic N) is 1. The van der Waals surface area contributed by atoms with E-state index in [2.05, 4.69) is 16.5 Å². The fourth-order valence-electron chi connectivity index (χ4n) is 0.745. The predicted molar refractivity (Wildman–Crippen MR) is 54.7 cm³/mol. The highest BCUT2D eigenvalue weighted by Gasteiger charge is 2.10. The van der Waals surface area contributed by atoms with Crippen LogP contribution < -0.4 is 5.32 Å². The van der Waals surface area contributed by atoms with E-state index in [1.807, 2.05) is 13.2 Å². The average Bonchev–Trinajstić information content (AvgIpc) is 2.18. The van der Waals surface area contributed by atoms with Gasteiger partial charge in [0.25, 0.3) is 0 Å². The number of anilines is 1. The molecular formula is C9H11N2OS. The summed E-state index contributed by atoms with van der Waals surface area (Å²) in [6, 6.07) is 3.43. The Balaban J connectivity index is 2.55. The number of amides is 1. The lowest BCUT2D eigenvalue weighted by atomic mass is 10.4. The zero-order valence-corrected chi connectivity index (χ0v) is 8.39. The maximum atomic E-state index is 11.4. The maximum absolute atomic E-state index is 11.4. The second kappa shape index (κ2) is 4.87. The van der Waals surface area contributed by atoms with Crippen LogP contribution in [0.4, 0.5) is 5.69 Å². The minimum Gasteiger partial charge on any atom is -0.324 e. The van der Waals surface area contributed by atoms with Crippen LogP contribution in [-0.2, 0) is 4.79 Å². The van der Waals surface area contributed by atoms with Crippen molar-refractivity contribution in [3.63, 3.8) is 0 Å². The number of carbonyl (C=O) groups is 1. The number of thioether (sulfide) groups is 1. The van der Waals surface area contributed by atoms with Gasteiger partial charge in [-0.3, -0.25) is 9.78 Å². The summed E-state index contributed by atoms with van der Waals surface area (Å²) in [5.74, 6) is 0.000463. The first-order chi connectivity index (χ1) is 6.24. The molecule has 13 heavy (non-hydrogen) atoms.